The smallest absolute Gasteiger partial charge is 0.289 e. The van der Waals surface area contributed by atoms with Gasteiger partial charge in [0.2, 0.25) is 0 Å². The van der Waals surface area contributed by atoms with Crippen LogP contribution in [0.4, 0.5) is 17.1 Å². The summed E-state index contributed by atoms with van der Waals surface area (Å²) in [5.41, 5.74) is -0.962. The highest BCUT2D eigenvalue weighted by Crippen LogP contribution is 2.26. The normalized spacial score (nSPS) is 15.8. The fraction of sp³-hybridized carbons (Fsp3) is 0.278. The van der Waals surface area contributed by atoms with Gasteiger partial charge in [-0.25, -0.2) is 0 Å². The number of rotatable bonds is 7. The molecule has 2 aromatic carbocycles. The highest BCUT2D eigenvalue weighted by molar-refractivity contribution is 6.07. The number of nitro groups is 2. The molecule has 10 nitrogen and oxygen atoms in total. The summed E-state index contributed by atoms with van der Waals surface area (Å²) in [7, 11) is 0. The number of nitro benzene ring substituents is 2. The number of benzene rings is 2. The molecular formula is C18H17N3O7. The molecule has 146 valence electrons. The second-order valence-corrected chi connectivity index (χ2v) is 6.14. The maximum absolute atomic E-state index is 12.4. The third-order valence-corrected chi connectivity index (χ3v) is 4.21. The summed E-state index contributed by atoms with van der Waals surface area (Å²) in [4.78, 5) is 32.7. The number of nitrogens with zero attached hydrogens (tertiary/aromatic N) is 2. The number of non-ortho nitro benzene ring substituents is 1. The van der Waals surface area contributed by atoms with E-state index in [1.165, 1.54) is 0 Å². The second kappa shape index (κ2) is 8.44. The van der Waals surface area contributed by atoms with Gasteiger partial charge in [0, 0.05) is 18.4 Å². The summed E-state index contributed by atoms with van der Waals surface area (Å²) in [6.45, 7) is 1.19. The zero-order valence-electron chi connectivity index (χ0n) is 14.7. The number of carbonyl (C=O) groups is 1. The van der Waals surface area contributed by atoms with Gasteiger partial charge in [0.1, 0.15) is 17.9 Å². The first-order valence-electron chi connectivity index (χ1n) is 8.52. The van der Waals surface area contributed by atoms with Gasteiger partial charge in [-0.05, 0) is 43.2 Å². The maximum Gasteiger partial charge on any atom is 0.289 e. The Morgan fingerprint density at radius 3 is 2.50 bits per heavy atom. The van der Waals surface area contributed by atoms with E-state index in [2.05, 4.69) is 5.32 Å². The average molecular weight is 387 g/mol. The molecule has 0 bridgehead atoms. The number of anilines is 1. The quantitative estimate of drug-likeness (QED) is 0.569. The third-order valence-electron chi connectivity index (χ3n) is 4.21. The molecule has 0 spiro atoms. The van der Waals surface area contributed by atoms with E-state index in [0.717, 1.165) is 37.6 Å². The van der Waals surface area contributed by atoms with Crippen molar-refractivity contribution in [3.63, 3.8) is 0 Å². The van der Waals surface area contributed by atoms with Gasteiger partial charge in [-0.3, -0.25) is 25.0 Å². The van der Waals surface area contributed by atoms with E-state index in [4.69, 9.17) is 9.47 Å². The lowest BCUT2D eigenvalue weighted by atomic mass is 10.1. The van der Waals surface area contributed by atoms with Crippen molar-refractivity contribution in [3.8, 4) is 5.75 Å². The molecule has 1 heterocycles. The van der Waals surface area contributed by atoms with Crippen molar-refractivity contribution in [2.75, 3.05) is 18.5 Å². The topological polar surface area (TPSA) is 134 Å². The van der Waals surface area contributed by atoms with E-state index in [1.807, 2.05) is 0 Å². The molecule has 0 aromatic heterocycles. The number of ether oxygens (including phenoxy) is 2. The van der Waals surface area contributed by atoms with Gasteiger partial charge in [0.05, 0.1) is 22.0 Å². The molecule has 0 radical (unpaired) electrons. The van der Waals surface area contributed by atoms with Gasteiger partial charge >= 0.3 is 0 Å². The minimum Gasteiger partial charge on any atom is -0.491 e. The molecule has 2 aromatic rings. The lowest BCUT2D eigenvalue weighted by Gasteiger charge is -2.12. The molecule has 1 aliphatic rings. The zero-order chi connectivity index (χ0) is 20.1. The molecule has 10 heteroatoms. The fourth-order valence-electron chi connectivity index (χ4n) is 2.77. The van der Waals surface area contributed by atoms with E-state index in [1.54, 1.807) is 24.3 Å². The van der Waals surface area contributed by atoms with Gasteiger partial charge in [-0.2, -0.15) is 0 Å². The van der Waals surface area contributed by atoms with Crippen LogP contribution in [0.5, 0.6) is 5.75 Å². The highest BCUT2D eigenvalue weighted by atomic mass is 16.6. The molecule has 1 aliphatic heterocycles. The zero-order valence-corrected chi connectivity index (χ0v) is 14.7. The Bertz CT molecular complexity index is 893. The van der Waals surface area contributed by atoms with Crippen LogP contribution in [0.25, 0.3) is 0 Å². The van der Waals surface area contributed by atoms with Crippen molar-refractivity contribution in [2.24, 2.45) is 0 Å². The van der Waals surface area contributed by atoms with Crippen LogP contribution in [0.1, 0.15) is 23.2 Å². The number of carbonyl (C=O) groups excluding carboxylic acids is 1. The Labute approximate surface area is 159 Å². The number of hydrogen-bond donors (Lipinski definition) is 1. The summed E-state index contributed by atoms with van der Waals surface area (Å²) >= 11 is 0. The van der Waals surface area contributed by atoms with Crippen LogP contribution in [0.2, 0.25) is 0 Å². The molecule has 1 fully saturated rings. The van der Waals surface area contributed by atoms with Gasteiger partial charge < -0.3 is 14.8 Å². The average Bonchev–Trinajstić information content (AvgIpc) is 3.20. The van der Waals surface area contributed by atoms with E-state index < -0.39 is 27.1 Å². The monoisotopic (exact) mass is 387 g/mol. The van der Waals surface area contributed by atoms with Crippen LogP contribution in [0.3, 0.4) is 0 Å². The van der Waals surface area contributed by atoms with Crippen LogP contribution in [0, 0.1) is 20.2 Å². The molecule has 28 heavy (non-hydrogen) atoms. The van der Waals surface area contributed by atoms with E-state index >= 15 is 0 Å². The third kappa shape index (κ3) is 4.60. The largest absolute Gasteiger partial charge is 0.491 e. The minimum absolute atomic E-state index is 0.0852. The molecule has 1 atom stereocenters. The Morgan fingerprint density at radius 2 is 1.89 bits per heavy atom. The summed E-state index contributed by atoms with van der Waals surface area (Å²) in [5.74, 6) is -0.135. The van der Waals surface area contributed by atoms with Gasteiger partial charge in [-0.15, -0.1) is 0 Å². The molecule has 1 saturated heterocycles. The van der Waals surface area contributed by atoms with Crippen LogP contribution in [0.15, 0.2) is 42.5 Å². The first kappa shape index (κ1) is 19.2. The molecule has 1 N–H and O–H groups in total. The molecular weight excluding hydrogens is 370 g/mol. The van der Waals surface area contributed by atoms with Crippen molar-refractivity contribution in [1.82, 2.24) is 0 Å². The van der Waals surface area contributed by atoms with Crippen LogP contribution in [-0.4, -0.2) is 35.1 Å². The van der Waals surface area contributed by atoms with Gasteiger partial charge in [0.15, 0.2) is 0 Å². The van der Waals surface area contributed by atoms with Crippen LogP contribution < -0.4 is 10.1 Å². The predicted molar refractivity (Wildman–Crippen MR) is 98.6 cm³/mol. The molecule has 3 rings (SSSR count). The fourth-order valence-corrected chi connectivity index (χ4v) is 2.77. The van der Waals surface area contributed by atoms with E-state index in [9.17, 15) is 25.0 Å². The number of nitrogens with one attached hydrogen (secondary N) is 1. The Balaban J connectivity index is 1.67. The van der Waals surface area contributed by atoms with E-state index in [-0.39, 0.29) is 11.7 Å². The molecule has 1 amide bonds. The Hall–Kier alpha value is -3.53. The van der Waals surface area contributed by atoms with Crippen molar-refractivity contribution in [3.05, 3.63) is 68.3 Å². The van der Waals surface area contributed by atoms with E-state index in [0.29, 0.717) is 18.0 Å². The van der Waals surface area contributed by atoms with Crippen molar-refractivity contribution < 1.29 is 24.1 Å². The second-order valence-electron chi connectivity index (χ2n) is 6.14. The summed E-state index contributed by atoms with van der Waals surface area (Å²) < 4.78 is 11.1. The minimum atomic E-state index is -0.829. The first-order chi connectivity index (χ1) is 13.4. The lowest BCUT2D eigenvalue weighted by molar-refractivity contribution is -0.394. The van der Waals surface area contributed by atoms with Gasteiger partial charge in [-0.1, -0.05) is 0 Å². The first-order valence-corrected chi connectivity index (χ1v) is 8.52. The summed E-state index contributed by atoms with van der Waals surface area (Å²) in [6, 6.07) is 9.38. The molecule has 0 aliphatic carbocycles. The molecule has 1 unspecified atom stereocenters. The van der Waals surface area contributed by atoms with Crippen molar-refractivity contribution in [2.45, 2.75) is 18.9 Å². The highest BCUT2D eigenvalue weighted by Gasteiger charge is 2.24. The number of amides is 1. The van der Waals surface area contributed by atoms with Crippen LogP contribution >= 0.6 is 0 Å². The predicted octanol–water partition coefficient (Wildman–Crippen LogP) is 3.31. The lowest BCUT2D eigenvalue weighted by Crippen LogP contribution is -2.16. The van der Waals surface area contributed by atoms with Gasteiger partial charge in [0.25, 0.3) is 17.3 Å². The SMILES string of the molecule is O=C(Nc1ccc(OCC2CCCO2)cc1)c1ccc([N+](=O)[O-])cc1[N+](=O)[O-]. The molecule has 0 saturated carbocycles. The Morgan fingerprint density at radius 1 is 1.14 bits per heavy atom. The maximum atomic E-state index is 12.4. The van der Waals surface area contributed by atoms with Crippen molar-refractivity contribution in [1.29, 1.82) is 0 Å². The summed E-state index contributed by atoms with van der Waals surface area (Å²) in [6.07, 6.45) is 2.07. The Kier molecular flexibility index (Phi) is 5.80. The summed E-state index contributed by atoms with van der Waals surface area (Å²) in [5, 5.41) is 24.5. The number of hydrogen-bond acceptors (Lipinski definition) is 7. The van der Waals surface area contributed by atoms with Crippen LogP contribution in [-0.2, 0) is 4.74 Å². The standard InChI is InChI=1S/C18H17N3O7/c22-18(16-8-5-13(20(23)24)10-17(16)21(25)26)19-12-3-6-14(7-4-12)28-11-15-2-1-9-27-15/h3-8,10,15H,1-2,9,11H2,(H,19,22). The van der Waals surface area contributed by atoms with Crippen molar-refractivity contribution >= 4 is 23.0 Å².